The second-order valence-electron chi connectivity index (χ2n) is 6.46. The van der Waals surface area contributed by atoms with Gasteiger partial charge in [-0.3, -0.25) is 9.00 Å². The molecule has 0 aliphatic carbocycles. The highest BCUT2D eigenvalue weighted by atomic mass is 35.5. The molecule has 1 aliphatic heterocycles. The van der Waals surface area contributed by atoms with Crippen LogP contribution in [0.25, 0.3) is 0 Å². The Labute approximate surface area is 175 Å². The molecule has 0 radical (unpaired) electrons. The van der Waals surface area contributed by atoms with Crippen LogP contribution in [0.3, 0.4) is 0 Å². The fourth-order valence-electron chi connectivity index (χ4n) is 2.90. The standard InChI is InChI=1S/C21H18ClNO5S/c22-17-4-2-1-3-15(17)11-29(25)12-16-6-8-19(28-16)21(24)23-10-14-5-7-18-20(9-14)27-13-26-18/h1-9H,10-13H2,(H,23,24)/t29-/m1/s1. The molecule has 2 aromatic carbocycles. The van der Waals surface area contributed by atoms with E-state index in [9.17, 15) is 9.00 Å². The van der Waals surface area contributed by atoms with Gasteiger partial charge in [-0.25, -0.2) is 0 Å². The third-order valence-corrected chi connectivity index (χ3v) is 5.96. The maximum Gasteiger partial charge on any atom is 0.287 e. The van der Waals surface area contributed by atoms with Crippen molar-refractivity contribution in [3.05, 3.63) is 82.3 Å². The van der Waals surface area contributed by atoms with Gasteiger partial charge in [0.2, 0.25) is 6.79 Å². The van der Waals surface area contributed by atoms with Gasteiger partial charge in [0.05, 0.1) is 11.5 Å². The number of rotatable bonds is 7. The van der Waals surface area contributed by atoms with Gasteiger partial charge in [0.25, 0.3) is 5.91 Å². The molecule has 0 saturated carbocycles. The lowest BCUT2D eigenvalue weighted by molar-refractivity contribution is 0.0921. The van der Waals surface area contributed by atoms with E-state index in [4.69, 9.17) is 25.5 Å². The Hall–Kier alpha value is -2.77. The summed E-state index contributed by atoms with van der Waals surface area (Å²) in [5.41, 5.74) is 1.70. The molecule has 0 spiro atoms. The Morgan fingerprint density at radius 2 is 1.86 bits per heavy atom. The summed E-state index contributed by atoms with van der Waals surface area (Å²) in [5.74, 6) is 2.22. The number of hydrogen-bond donors (Lipinski definition) is 1. The van der Waals surface area contributed by atoms with Crippen molar-refractivity contribution < 1.29 is 22.9 Å². The van der Waals surface area contributed by atoms with Gasteiger partial charge in [0.15, 0.2) is 17.3 Å². The highest BCUT2D eigenvalue weighted by molar-refractivity contribution is 7.83. The molecule has 0 saturated heterocycles. The average molecular weight is 432 g/mol. The Bertz CT molecular complexity index is 1060. The minimum atomic E-state index is -1.20. The molecule has 6 nitrogen and oxygen atoms in total. The van der Waals surface area contributed by atoms with Gasteiger partial charge in [-0.2, -0.15) is 0 Å². The molecule has 0 bridgehead atoms. The summed E-state index contributed by atoms with van der Waals surface area (Å²) in [6.45, 7) is 0.530. The first-order valence-electron chi connectivity index (χ1n) is 8.92. The summed E-state index contributed by atoms with van der Waals surface area (Å²) in [6, 6.07) is 16.0. The number of carbonyl (C=O) groups is 1. The van der Waals surface area contributed by atoms with Crippen LogP contribution in [0.1, 0.15) is 27.4 Å². The molecule has 0 fully saturated rings. The van der Waals surface area contributed by atoms with Gasteiger partial charge in [-0.1, -0.05) is 35.9 Å². The van der Waals surface area contributed by atoms with E-state index in [1.165, 1.54) is 0 Å². The van der Waals surface area contributed by atoms with Crippen molar-refractivity contribution in [3.63, 3.8) is 0 Å². The third-order valence-electron chi connectivity index (χ3n) is 4.35. The van der Waals surface area contributed by atoms with Crippen LogP contribution in [-0.4, -0.2) is 16.9 Å². The van der Waals surface area contributed by atoms with Crippen LogP contribution in [0.2, 0.25) is 5.02 Å². The van der Waals surface area contributed by atoms with E-state index in [0.717, 1.165) is 11.1 Å². The number of carbonyl (C=O) groups excluding carboxylic acids is 1. The second-order valence-corrected chi connectivity index (χ2v) is 8.32. The summed E-state index contributed by atoms with van der Waals surface area (Å²) in [4.78, 5) is 12.3. The molecule has 0 unspecified atom stereocenters. The van der Waals surface area contributed by atoms with Crippen molar-refractivity contribution in [1.29, 1.82) is 0 Å². The Kier molecular flexibility index (Phi) is 5.87. The average Bonchev–Trinajstić information content (AvgIpc) is 3.37. The molecular weight excluding hydrogens is 414 g/mol. The fourth-order valence-corrected chi connectivity index (χ4v) is 4.35. The molecule has 1 aromatic heterocycles. The predicted octanol–water partition coefficient (Wildman–Crippen LogP) is 4.04. The van der Waals surface area contributed by atoms with Gasteiger partial charge in [0, 0.05) is 22.4 Å². The molecule has 4 rings (SSSR count). The highest BCUT2D eigenvalue weighted by Gasteiger charge is 2.16. The van der Waals surface area contributed by atoms with Gasteiger partial charge < -0.3 is 19.2 Å². The molecule has 29 heavy (non-hydrogen) atoms. The fraction of sp³-hybridized carbons (Fsp3) is 0.190. The second kappa shape index (κ2) is 8.71. The number of benzene rings is 2. The minimum absolute atomic E-state index is 0.176. The van der Waals surface area contributed by atoms with Gasteiger partial charge in [-0.05, 0) is 41.5 Å². The SMILES string of the molecule is O=C(NCc1ccc2c(c1)OCO2)c1ccc(C[S@](=O)Cc2ccccc2Cl)o1. The molecular formula is C21H18ClNO5S. The first-order chi connectivity index (χ1) is 14.1. The third kappa shape index (κ3) is 4.81. The van der Waals surface area contributed by atoms with Gasteiger partial charge >= 0.3 is 0 Å². The van der Waals surface area contributed by atoms with Crippen LogP contribution in [-0.2, 0) is 28.9 Å². The lowest BCUT2D eigenvalue weighted by atomic mass is 10.2. The molecule has 1 aliphatic rings. The van der Waals surface area contributed by atoms with E-state index in [-0.39, 0.29) is 24.2 Å². The molecule has 8 heteroatoms. The Balaban J connectivity index is 1.31. The number of fused-ring (bicyclic) bond motifs is 1. The molecule has 1 N–H and O–H groups in total. The lowest BCUT2D eigenvalue weighted by Gasteiger charge is -2.05. The number of furan rings is 1. The summed E-state index contributed by atoms with van der Waals surface area (Å²) < 4.78 is 28.6. The van der Waals surface area contributed by atoms with Crippen LogP contribution >= 0.6 is 11.6 Å². The Morgan fingerprint density at radius 3 is 2.72 bits per heavy atom. The summed E-state index contributed by atoms with van der Waals surface area (Å²) in [6.07, 6.45) is 0. The normalized spacial score (nSPS) is 13.3. The van der Waals surface area contributed by atoms with E-state index >= 15 is 0 Å². The van der Waals surface area contributed by atoms with Crippen molar-refractivity contribution in [2.75, 3.05) is 6.79 Å². The monoisotopic (exact) mass is 431 g/mol. The van der Waals surface area contributed by atoms with Crippen LogP contribution < -0.4 is 14.8 Å². The van der Waals surface area contributed by atoms with Crippen LogP contribution in [0, 0.1) is 0 Å². The maximum atomic E-state index is 12.4. The maximum absolute atomic E-state index is 12.4. The number of hydrogen-bond acceptors (Lipinski definition) is 5. The zero-order chi connectivity index (χ0) is 20.2. The van der Waals surface area contributed by atoms with Crippen molar-refractivity contribution in [3.8, 4) is 11.5 Å². The smallest absolute Gasteiger partial charge is 0.287 e. The molecule has 1 amide bonds. The zero-order valence-corrected chi connectivity index (χ0v) is 16.9. The van der Waals surface area contributed by atoms with Crippen molar-refractivity contribution in [2.45, 2.75) is 18.1 Å². The van der Waals surface area contributed by atoms with Gasteiger partial charge in [0.1, 0.15) is 5.76 Å². The predicted molar refractivity (Wildman–Crippen MR) is 109 cm³/mol. The topological polar surface area (TPSA) is 77.8 Å². The van der Waals surface area contributed by atoms with Gasteiger partial charge in [-0.15, -0.1) is 0 Å². The van der Waals surface area contributed by atoms with E-state index in [1.54, 1.807) is 18.2 Å². The highest BCUT2D eigenvalue weighted by Crippen LogP contribution is 2.32. The van der Waals surface area contributed by atoms with Crippen molar-refractivity contribution in [1.82, 2.24) is 5.32 Å². The van der Waals surface area contributed by atoms with E-state index in [1.807, 2.05) is 36.4 Å². The summed E-state index contributed by atoms with van der Waals surface area (Å²) >= 11 is 6.11. The molecule has 1 atom stereocenters. The first-order valence-corrected chi connectivity index (χ1v) is 10.8. The van der Waals surface area contributed by atoms with Crippen LogP contribution in [0.5, 0.6) is 11.5 Å². The minimum Gasteiger partial charge on any atom is -0.455 e. The van der Waals surface area contributed by atoms with Crippen molar-refractivity contribution >= 4 is 28.3 Å². The first kappa shape index (κ1) is 19.5. The summed E-state index contributed by atoms with van der Waals surface area (Å²) in [7, 11) is -1.20. The molecule has 3 aromatic rings. The van der Waals surface area contributed by atoms with Crippen molar-refractivity contribution in [2.24, 2.45) is 0 Å². The number of amides is 1. The zero-order valence-electron chi connectivity index (χ0n) is 15.4. The van der Waals surface area contributed by atoms with E-state index in [0.29, 0.717) is 34.6 Å². The quantitative estimate of drug-likeness (QED) is 0.610. The Morgan fingerprint density at radius 1 is 1.03 bits per heavy atom. The molecule has 150 valence electrons. The summed E-state index contributed by atoms with van der Waals surface area (Å²) in [5, 5.41) is 3.38. The largest absolute Gasteiger partial charge is 0.455 e. The van der Waals surface area contributed by atoms with Crippen LogP contribution in [0.15, 0.2) is 59.0 Å². The lowest BCUT2D eigenvalue weighted by Crippen LogP contribution is -2.22. The number of halogens is 1. The molecule has 2 heterocycles. The number of nitrogens with one attached hydrogen (secondary N) is 1. The van der Waals surface area contributed by atoms with E-state index in [2.05, 4.69) is 5.32 Å². The van der Waals surface area contributed by atoms with Crippen LogP contribution in [0.4, 0.5) is 0 Å². The van der Waals surface area contributed by atoms with E-state index < -0.39 is 10.8 Å². The number of ether oxygens (including phenoxy) is 2.